The molecule has 0 aliphatic carbocycles. The van der Waals surface area contributed by atoms with Gasteiger partial charge in [-0.3, -0.25) is 4.90 Å². The largest absolute Gasteiger partial charge is 0.330 e. The van der Waals surface area contributed by atoms with Gasteiger partial charge in [0.2, 0.25) is 0 Å². The number of hydrogen-bond donors (Lipinski definition) is 1. The van der Waals surface area contributed by atoms with Gasteiger partial charge < -0.3 is 5.73 Å². The van der Waals surface area contributed by atoms with Gasteiger partial charge in [0.25, 0.3) is 0 Å². The van der Waals surface area contributed by atoms with Gasteiger partial charge in [0, 0.05) is 12.1 Å². The van der Waals surface area contributed by atoms with Crippen molar-refractivity contribution in [3.8, 4) is 0 Å². The van der Waals surface area contributed by atoms with E-state index in [2.05, 4.69) is 56.1 Å². The van der Waals surface area contributed by atoms with Crippen LogP contribution in [0.5, 0.6) is 0 Å². The summed E-state index contributed by atoms with van der Waals surface area (Å²) in [5, 5.41) is 0. The monoisotopic (exact) mass is 206 g/mol. The lowest BCUT2D eigenvalue weighted by Gasteiger charge is -2.31. The third kappa shape index (κ3) is 3.33. The van der Waals surface area contributed by atoms with E-state index in [0.29, 0.717) is 12.1 Å². The van der Waals surface area contributed by atoms with Crippen LogP contribution in [-0.4, -0.2) is 24.5 Å². The van der Waals surface area contributed by atoms with Crippen LogP contribution < -0.4 is 5.73 Å². The molecule has 0 fully saturated rings. The lowest BCUT2D eigenvalue weighted by Crippen LogP contribution is -2.32. The Balaban J connectivity index is 2.83. The lowest BCUT2D eigenvalue weighted by atomic mass is 10.0. The summed E-state index contributed by atoms with van der Waals surface area (Å²) < 4.78 is 0. The number of benzene rings is 1. The van der Waals surface area contributed by atoms with E-state index in [1.165, 1.54) is 5.56 Å². The molecule has 15 heavy (non-hydrogen) atoms. The summed E-state index contributed by atoms with van der Waals surface area (Å²) in [6.45, 7) is 5.16. The highest BCUT2D eigenvalue weighted by Gasteiger charge is 2.17. The maximum Gasteiger partial charge on any atom is 0.0359 e. The van der Waals surface area contributed by atoms with E-state index < -0.39 is 0 Å². The number of nitrogens with zero attached hydrogens (tertiary/aromatic N) is 1. The topological polar surface area (TPSA) is 29.3 Å². The second-order valence-corrected chi connectivity index (χ2v) is 4.26. The molecule has 84 valence electrons. The van der Waals surface area contributed by atoms with Crippen molar-refractivity contribution >= 4 is 0 Å². The van der Waals surface area contributed by atoms with Crippen molar-refractivity contribution in [3.05, 3.63) is 35.9 Å². The summed E-state index contributed by atoms with van der Waals surface area (Å²) in [6.07, 6.45) is 1.01. The first-order valence-electron chi connectivity index (χ1n) is 5.63. The molecular weight excluding hydrogens is 184 g/mol. The first-order chi connectivity index (χ1) is 7.16. The van der Waals surface area contributed by atoms with Crippen LogP contribution in [0.2, 0.25) is 0 Å². The van der Waals surface area contributed by atoms with Crippen LogP contribution in [0.15, 0.2) is 30.3 Å². The zero-order chi connectivity index (χ0) is 11.3. The van der Waals surface area contributed by atoms with Crippen molar-refractivity contribution in [3.63, 3.8) is 0 Å². The van der Waals surface area contributed by atoms with Gasteiger partial charge in [-0.2, -0.15) is 0 Å². The average molecular weight is 206 g/mol. The number of nitrogens with two attached hydrogens (primary N) is 1. The van der Waals surface area contributed by atoms with Crippen LogP contribution in [0, 0.1) is 0 Å². The van der Waals surface area contributed by atoms with Gasteiger partial charge in [0.1, 0.15) is 0 Å². The van der Waals surface area contributed by atoms with E-state index in [1.54, 1.807) is 0 Å². The number of rotatable bonds is 5. The standard InChI is InChI=1S/C13H22N2/c1-11(2)15(3)13(9-10-14)12-7-5-4-6-8-12/h4-8,11,13H,9-10,14H2,1-3H3. The Morgan fingerprint density at radius 1 is 1.20 bits per heavy atom. The summed E-state index contributed by atoms with van der Waals surface area (Å²) in [4.78, 5) is 2.38. The smallest absolute Gasteiger partial charge is 0.0359 e. The Labute approximate surface area is 93.1 Å². The second kappa shape index (κ2) is 5.89. The molecule has 0 saturated heterocycles. The molecule has 1 unspecified atom stereocenters. The van der Waals surface area contributed by atoms with E-state index in [4.69, 9.17) is 5.73 Å². The Morgan fingerprint density at radius 2 is 1.80 bits per heavy atom. The molecule has 0 bridgehead atoms. The van der Waals surface area contributed by atoms with Gasteiger partial charge in [-0.05, 0) is 39.4 Å². The molecule has 1 rings (SSSR count). The van der Waals surface area contributed by atoms with Gasteiger partial charge in [-0.15, -0.1) is 0 Å². The third-order valence-corrected chi connectivity index (χ3v) is 2.93. The van der Waals surface area contributed by atoms with E-state index in [0.717, 1.165) is 13.0 Å². The van der Waals surface area contributed by atoms with Gasteiger partial charge in [-0.1, -0.05) is 30.3 Å². The van der Waals surface area contributed by atoms with Crippen molar-refractivity contribution in [1.29, 1.82) is 0 Å². The fraction of sp³-hybridized carbons (Fsp3) is 0.538. The third-order valence-electron chi connectivity index (χ3n) is 2.93. The molecule has 1 aromatic carbocycles. The zero-order valence-corrected chi connectivity index (χ0v) is 9.98. The predicted octanol–water partition coefficient (Wildman–Crippen LogP) is 2.42. The summed E-state index contributed by atoms with van der Waals surface area (Å²) >= 11 is 0. The highest BCUT2D eigenvalue weighted by atomic mass is 15.1. The molecule has 0 aliphatic heterocycles. The molecule has 0 aromatic heterocycles. The quantitative estimate of drug-likeness (QED) is 0.801. The Bertz CT molecular complexity index is 269. The van der Waals surface area contributed by atoms with Crippen LogP contribution in [0.1, 0.15) is 31.9 Å². The highest BCUT2D eigenvalue weighted by molar-refractivity contribution is 5.19. The van der Waals surface area contributed by atoms with Crippen molar-refractivity contribution in [2.75, 3.05) is 13.6 Å². The molecule has 1 atom stereocenters. The molecule has 0 amide bonds. The van der Waals surface area contributed by atoms with Gasteiger partial charge in [-0.25, -0.2) is 0 Å². The molecule has 0 saturated carbocycles. The summed E-state index contributed by atoms with van der Waals surface area (Å²) in [7, 11) is 2.16. The maximum absolute atomic E-state index is 5.68. The zero-order valence-electron chi connectivity index (χ0n) is 9.98. The normalized spacial score (nSPS) is 13.5. The molecule has 2 N–H and O–H groups in total. The van der Waals surface area contributed by atoms with Crippen molar-refractivity contribution < 1.29 is 0 Å². The lowest BCUT2D eigenvalue weighted by molar-refractivity contribution is 0.189. The Morgan fingerprint density at radius 3 is 2.27 bits per heavy atom. The molecule has 0 radical (unpaired) electrons. The minimum atomic E-state index is 0.441. The predicted molar refractivity (Wildman–Crippen MR) is 65.8 cm³/mol. The van der Waals surface area contributed by atoms with E-state index in [9.17, 15) is 0 Å². The van der Waals surface area contributed by atoms with Crippen LogP contribution in [-0.2, 0) is 0 Å². The molecule has 1 aromatic rings. The molecule has 0 aliphatic rings. The average Bonchev–Trinajstić information content (AvgIpc) is 2.26. The number of hydrogen-bond acceptors (Lipinski definition) is 2. The van der Waals surface area contributed by atoms with Crippen LogP contribution >= 0.6 is 0 Å². The minimum absolute atomic E-state index is 0.441. The molecular formula is C13H22N2. The fourth-order valence-electron chi connectivity index (χ4n) is 1.80. The van der Waals surface area contributed by atoms with Crippen molar-refractivity contribution in [2.45, 2.75) is 32.4 Å². The fourth-order valence-corrected chi connectivity index (χ4v) is 1.80. The van der Waals surface area contributed by atoms with Gasteiger partial charge >= 0.3 is 0 Å². The molecule has 2 heteroatoms. The van der Waals surface area contributed by atoms with E-state index in [-0.39, 0.29) is 0 Å². The summed E-state index contributed by atoms with van der Waals surface area (Å²) in [5.41, 5.74) is 7.04. The van der Waals surface area contributed by atoms with Gasteiger partial charge in [0.05, 0.1) is 0 Å². The Hall–Kier alpha value is -0.860. The first kappa shape index (κ1) is 12.2. The molecule has 2 nitrogen and oxygen atoms in total. The SMILES string of the molecule is CC(C)N(C)C(CCN)c1ccccc1. The van der Waals surface area contributed by atoms with Gasteiger partial charge in [0.15, 0.2) is 0 Å². The van der Waals surface area contributed by atoms with Crippen LogP contribution in [0.3, 0.4) is 0 Å². The van der Waals surface area contributed by atoms with Crippen molar-refractivity contribution in [1.82, 2.24) is 4.90 Å². The second-order valence-electron chi connectivity index (χ2n) is 4.26. The van der Waals surface area contributed by atoms with Crippen LogP contribution in [0.4, 0.5) is 0 Å². The molecule has 0 spiro atoms. The molecule has 0 heterocycles. The van der Waals surface area contributed by atoms with Crippen molar-refractivity contribution in [2.24, 2.45) is 5.73 Å². The Kier molecular flexibility index (Phi) is 4.79. The summed E-state index contributed by atoms with van der Waals surface area (Å²) in [5.74, 6) is 0. The first-order valence-corrected chi connectivity index (χ1v) is 5.63. The van der Waals surface area contributed by atoms with Crippen LogP contribution in [0.25, 0.3) is 0 Å². The summed E-state index contributed by atoms with van der Waals surface area (Å²) in [6, 6.07) is 11.6. The van der Waals surface area contributed by atoms with E-state index >= 15 is 0 Å². The maximum atomic E-state index is 5.68. The highest BCUT2D eigenvalue weighted by Crippen LogP contribution is 2.23. The minimum Gasteiger partial charge on any atom is -0.330 e. The van der Waals surface area contributed by atoms with E-state index in [1.807, 2.05) is 0 Å².